The van der Waals surface area contributed by atoms with Gasteiger partial charge in [-0.25, -0.2) is 0 Å². The summed E-state index contributed by atoms with van der Waals surface area (Å²) in [5, 5.41) is 2.83. The third kappa shape index (κ3) is 5.82. The zero-order valence-corrected chi connectivity index (χ0v) is 17.8. The Balaban J connectivity index is 1.70. The van der Waals surface area contributed by atoms with E-state index < -0.39 is 0 Å². The minimum atomic E-state index is -0.284. The average molecular weight is 419 g/mol. The van der Waals surface area contributed by atoms with Crippen LogP contribution in [0.25, 0.3) is 0 Å². The van der Waals surface area contributed by atoms with E-state index >= 15 is 0 Å². The number of carbonyl (C=O) groups excluding carboxylic acids is 2. The normalized spacial score (nSPS) is 10.3. The van der Waals surface area contributed by atoms with Crippen LogP contribution in [0.2, 0.25) is 0 Å². The van der Waals surface area contributed by atoms with Crippen LogP contribution in [0.1, 0.15) is 33.2 Å². The number of hydrogen-bond donors (Lipinski definition) is 1. The number of hydrogen-bond acceptors (Lipinski definition) is 5. The number of pyridine rings is 1. The van der Waals surface area contributed by atoms with Crippen molar-refractivity contribution in [2.24, 2.45) is 0 Å². The van der Waals surface area contributed by atoms with Gasteiger partial charge >= 0.3 is 0 Å². The first-order valence-electron chi connectivity index (χ1n) is 9.89. The number of nitrogens with zero attached hydrogens (tertiary/aromatic N) is 2. The summed E-state index contributed by atoms with van der Waals surface area (Å²) in [6.45, 7) is 2.68. The fourth-order valence-corrected chi connectivity index (χ4v) is 2.83. The van der Waals surface area contributed by atoms with Crippen LogP contribution in [0.3, 0.4) is 0 Å². The molecule has 0 aliphatic rings. The van der Waals surface area contributed by atoms with E-state index in [0.717, 1.165) is 5.56 Å². The number of nitrogens with one attached hydrogen (secondary N) is 1. The van der Waals surface area contributed by atoms with Gasteiger partial charge in [-0.2, -0.15) is 0 Å². The molecule has 0 fully saturated rings. The molecule has 0 saturated carbocycles. The van der Waals surface area contributed by atoms with E-state index in [-0.39, 0.29) is 11.8 Å². The zero-order valence-electron chi connectivity index (χ0n) is 17.8. The van der Waals surface area contributed by atoms with Gasteiger partial charge in [0.05, 0.1) is 6.61 Å². The van der Waals surface area contributed by atoms with Crippen molar-refractivity contribution in [1.29, 1.82) is 0 Å². The first-order valence-corrected chi connectivity index (χ1v) is 9.89. The highest BCUT2D eigenvalue weighted by atomic mass is 16.5. The van der Waals surface area contributed by atoms with Gasteiger partial charge in [0.15, 0.2) is 11.5 Å². The second-order valence-electron chi connectivity index (χ2n) is 6.97. The van der Waals surface area contributed by atoms with Crippen LogP contribution in [-0.2, 0) is 6.61 Å². The third-order valence-electron chi connectivity index (χ3n) is 4.45. The van der Waals surface area contributed by atoms with E-state index in [4.69, 9.17) is 9.47 Å². The molecular weight excluding hydrogens is 394 g/mol. The molecule has 0 aliphatic heterocycles. The number of carbonyl (C=O) groups is 2. The minimum Gasteiger partial charge on any atom is -0.490 e. The van der Waals surface area contributed by atoms with Gasteiger partial charge in [-0.05, 0) is 67.1 Å². The van der Waals surface area contributed by atoms with Crippen LogP contribution in [-0.4, -0.2) is 42.4 Å². The van der Waals surface area contributed by atoms with E-state index in [9.17, 15) is 9.59 Å². The molecule has 1 N–H and O–H groups in total. The lowest BCUT2D eigenvalue weighted by Gasteiger charge is -2.14. The van der Waals surface area contributed by atoms with Gasteiger partial charge < -0.3 is 19.7 Å². The largest absolute Gasteiger partial charge is 0.490 e. The van der Waals surface area contributed by atoms with Crippen molar-refractivity contribution >= 4 is 17.5 Å². The summed E-state index contributed by atoms with van der Waals surface area (Å²) >= 11 is 0. The van der Waals surface area contributed by atoms with Gasteiger partial charge in [-0.1, -0.05) is 0 Å². The van der Waals surface area contributed by atoms with Crippen LogP contribution in [0.5, 0.6) is 11.5 Å². The lowest BCUT2D eigenvalue weighted by Crippen LogP contribution is -2.21. The summed E-state index contributed by atoms with van der Waals surface area (Å²) in [5.41, 5.74) is 2.57. The SMILES string of the molecule is CCOc1cc(C(=O)Nc2ccc(C(=O)N(C)C)cc2)ccc1OCc1ccncc1. The molecule has 3 aromatic rings. The summed E-state index contributed by atoms with van der Waals surface area (Å²) in [6.07, 6.45) is 3.41. The van der Waals surface area contributed by atoms with Crippen LogP contribution in [0.15, 0.2) is 67.0 Å². The van der Waals surface area contributed by atoms with E-state index in [2.05, 4.69) is 10.3 Å². The fourth-order valence-electron chi connectivity index (χ4n) is 2.83. The molecule has 0 bridgehead atoms. The number of aromatic nitrogens is 1. The topological polar surface area (TPSA) is 80.8 Å². The van der Waals surface area contributed by atoms with E-state index in [0.29, 0.717) is 41.5 Å². The zero-order chi connectivity index (χ0) is 22.2. The minimum absolute atomic E-state index is 0.0958. The molecule has 160 valence electrons. The summed E-state index contributed by atoms with van der Waals surface area (Å²) < 4.78 is 11.5. The number of rotatable bonds is 8. The van der Waals surface area contributed by atoms with Gasteiger partial charge in [-0.3, -0.25) is 14.6 Å². The molecule has 0 atom stereocenters. The molecule has 2 aromatic carbocycles. The van der Waals surface area contributed by atoms with Crippen molar-refractivity contribution in [2.45, 2.75) is 13.5 Å². The second kappa shape index (κ2) is 10.2. The van der Waals surface area contributed by atoms with Crippen molar-refractivity contribution in [3.63, 3.8) is 0 Å². The van der Waals surface area contributed by atoms with Gasteiger partial charge in [0.25, 0.3) is 11.8 Å². The van der Waals surface area contributed by atoms with Crippen molar-refractivity contribution in [3.8, 4) is 11.5 Å². The molecule has 7 nitrogen and oxygen atoms in total. The lowest BCUT2D eigenvalue weighted by molar-refractivity contribution is 0.0827. The highest BCUT2D eigenvalue weighted by molar-refractivity contribution is 6.05. The highest BCUT2D eigenvalue weighted by Gasteiger charge is 2.13. The Labute approximate surface area is 181 Å². The summed E-state index contributed by atoms with van der Waals surface area (Å²) in [6, 6.07) is 15.6. The first-order chi connectivity index (χ1) is 15.0. The lowest BCUT2D eigenvalue weighted by atomic mass is 10.1. The van der Waals surface area contributed by atoms with E-state index in [1.54, 1.807) is 69.0 Å². The molecule has 0 spiro atoms. The first kappa shape index (κ1) is 21.8. The summed E-state index contributed by atoms with van der Waals surface area (Å²) in [7, 11) is 3.39. The van der Waals surface area contributed by atoms with Gasteiger partial charge in [-0.15, -0.1) is 0 Å². The Morgan fingerprint density at radius 1 is 0.903 bits per heavy atom. The van der Waals surface area contributed by atoms with E-state index in [1.807, 2.05) is 19.1 Å². The molecule has 1 aromatic heterocycles. The standard InChI is InChI=1S/C24H25N3O4/c1-4-30-22-15-19(7-10-21(22)31-16-17-11-13-25-14-12-17)23(28)26-20-8-5-18(6-9-20)24(29)27(2)3/h5-15H,4,16H2,1-3H3,(H,26,28). The predicted molar refractivity (Wildman–Crippen MR) is 119 cm³/mol. The Bertz CT molecular complexity index is 1030. The third-order valence-corrected chi connectivity index (χ3v) is 4.45. The number of benzene rings is 2. The van der Waals surface area contributed by atoms with Crippen molar-refractivity contribution in [2.75, 3.05) is 26.0 Å². The molecule has 31 heavy (non-hydrogen) atoms. The van der Waals surface area contributed by atoms with Crippen LogP contribution in [0, 0.1) is 0 Å². The Morgan fingerprint density at radius 3 is 2.23 bits per heavy atom. The summed E-state index contributed by atoms with van der Waals surface area (Å²) in [5.74, 6) is 0.674. The Morgan fingerprint density at radius 2 is 1.58 bits per heavy atom. The number of anilines is 1. The Kier molecular flexibility index (Phi) is 7.22. The second-order valence-corrected chi connectivity index (χ2v) is 6.97. The number of amides is 2. The molecule has 3 rings (SSSR count). The van der Waals surface area contributed by atoms with Crippen LogP contribution >= 0.6 is 0 Å². The fraction of sp³-hybridized carbons (Fsp3) is 0.208. The molecule has 0 saturated heterocycles. The molecule has 2 amide bonds. The molecule has 7 heteroatoms. The molecule has 0 unspecified atom stereocenters. The van der Waals surface area contributed by atoms with Gasteiger partial charge in [0, 0.05) is 43.3 Å². The quantitative estimate of drug-likeness (QED) is 0.597. The van der Waals surface area contributed by atoms with Crippen LogP contribution in [0.4, 0.5) is 5.69 Å². The maximum absolute atomic E-state index is 12.7. The molecule has 0 radical (unpaired) electrons. The predicted octanol–water partition coefficient (Wildman–Crippen LogP) is 4.01. The summed E-state index contributed by atoms with van der Waals surface area (Å²) in [4.78, 5) is 30.2. The Hall–Kier alpha value is -3.87. The maximum Gasteiger partial charge on any atom is 0.255 e. The van der Waals surface area contributed by atoms with Gasteiger partial charge in [0.1, 0.15) is 6.61 Å². The highest BCUT2D eigenvalue weighted by Crippen LogP contribution is 2.29. The van der Waals surface area contributed by atoms with Gasteiger partial charge in [0.2, 0.25) is 0 Å². The molecular formula is C24H25N3O4. The van der Waals surface area contributed by atoms with E-state index in [1.165, 1.54) is 4.90 Å². The monoisotopic (exact) mass is 419 g/mol. The van der Waals surface area contributed by atoms with Crippen LogP contribution < -0.4 is 14.8 Å². The maximum atomic E-state index is 12.7. The van der Waals surface area contributed by atoms with Crippen molar-refractivity contribution in [1.82, 2.24) is 9.88 Å². The molecule has 0 aliphatic carbocycles. The average Bonchev–Trinajstić information content (AvgIpc) is 2.79. The van der Waals surface area contributed by atoms with Crippen molar-refractivity contribution in [3.05, 3.63) is 83.7 Å². The smallest absolute Gasteiger partial charge is 0.255 e. The van der Waals surface area contributed by atoms with Crippen molar-refractivity contribution < 1.29 is 19.1 Å². The number of ether oxygens (including phenoxy) is 2. The molecule has 1 heterocycles.